The molecule has 2 N–H and O–H groups in total. The molecule has 0 spiro atoms. The van der Waals surface area contributed by atoms with Gasteiger partial charge in [-0.05, 0) is 25.2 Å². The van der Waals surface area contributed by atoms with E-state index in [4.69, 9.17) is 0 Å². The van der Waals surface area contributed by atoms with Crippen LogP contribution in [0.4, 0.5) is 17.6 Å². The van der Waals surface area contributed by atoms with E-state index >= 15 is 0 Å². The second-order valence-corrected chi connectivity index (χ2v) is 5.37. The molecule has 0 aliphatic carbocycles. The summed E-state index contributed by atoms with van der Waals surface area (Å²) in [6.07, 6.45) is -4.95. The number of nitrogens with one attached hydrogen (secondary N) is 2. The first-order chi connectivity index (χ1) is 8.68. The molecule has 1 aromatic carbocycles. The molecule has 0 heterocycles. The lowest BCUT2D eigenvalue weighted by Crippen LogP contribution is -2.31. The number of hydrogen-bond acceptors (Lipinski definition) is 3. The molecule has 0 unspecified atom stereocenters. The number of hydrogen-bond donors (Lipinski definition) is 2. The molecule has 0 saturated carbocycles. The van der Waals surface area contributed by atoms with Crippen LogP contribution in [-0.2, 0) is 16.2 Å². The van der Waals surface area contributed by atoms with Crippen molar-refractivity contribution in [3.8, 4) is 0 Å². The zero-order valence-corrected chi connectivity index (χ0v) is 11.9. The van der Waals surface area contributed by atoms with Crippen LogP contribution < -0.4 is 10.0 Å². The maximum atomic E-state index is 12.8. The Morgan fingerprint density at radius 3 is 2.30 bits per heavy atom. The summed E-state index contributed by atoms with van der Waals surface area (Å²) in [6.45, 7) is 0.176. The van der Waals surface area contributed by atoms with E-state index in [1.807, 2.05) is 4.72 Å². The van der Waals surface area contributed by atoms with Crippen LogP contribution in [0, 0.1) is 5.82 Å². The smallest absolute Gasteiger partial charge is 0.318 e. The van der Waals surface area contributed by atoms with Gasteiger partial charge in [0.15, 0.2) is 0 Å². The van der Waals surface area contributed by atoms with Crippen LogP contribution in [-0.4, -0.2) is 28.6 Å². The van der Waals surface area contributed by atoms with Crippen molar-refractivity contribution >= 4 is 22.4 Å². The number of benzene rings is 1. The fourth-order valence-corrected chi connectivity index (χ4v) is 2.58. The van der Waals surface area contributed by atoms with Crippen LogP contribution >= 0.6 is 12.4 Å². The van der Waals surface area contributed by atoms with Crippen LogP contribution in [0.15, 0.2) is 23.1 Å². The van der Waals surface area contributed by atoms with Crippen LogP contribution in [0.5, 0.6) is 0 Å². The van der Waals surface area contributed by atoms with Crippen LogP contribution in [0.2, 0.25) is 0 Å². The van der Waals surface area contributed by atoms with Gasteiger partial charge in [0.25, 0.3) is 0 Å². The molecule has 0 radical (unpaired) electrons. The van der Waals surface area contributed by atoms with E-state index in [1.54, 1.807) is 7.05 Å². The number of halogens is 5. The molecule has 1 rings (SSSR count). The summed E-state index contributed by atoms with van der Waals surface area (Å²) in [7, 11) is -2.78. The lowest BCUT2D eigenvalue weighted by Gasteiger charge is -2.13. The molecule has 0 bridgehead atoms. The van der Waals surface area contributed by atoms with Crippen LogP contribution in [0.3, 0.4) is 0 Å². The molecule has 0 atom stereocenters. The molecular formula is C10H13ClF4N2O2S. The molecular weight excluding hydrogens is 324 g/mol. The standard InChI is InChI=1S/C10H12F4N2O2S.ClH/c1-15-4-5-16-19(17,18)9-3-2-7(11)6-8(9)10(12,13)14;/h2-3,6,15-16H,4-5H2,1H3;1H. The largest absolute Gasteiger partial charge is 0.417 e. The van der Waals surface area contributed by atoms with E-state index < -0.39 is 32.5 Å². The average Bonchev–Trinajstić information content (AvgIpc) is 2.27. The van der Waals surface area contributed by atoms with Gasteiger partial charge >= 0.3 is 6.18 Å². The molecule has 0 aromatic heterocycles. The summed E-state index contributed by atoms with van der Waals surface area (Å²) in [5.74, 6) is -1.15. The van der Waals surface area contributed by atoms with Gasteiger partial charge in [-0.15, -0.1) is 12.4 Å². The Bertz CT molecular complexity index is 549. The van der Waals surface area contributed by atoms with Crippen molar-refractivity contribution in [2.45, 2.75) is 11.1 Å². The highest BCUT2D eigenvalue weighted by atomic mass is 35.5. The van der Waals surface area contributed by atoms with Crippen molar-refractivity contribution in [3.05, 3.63) is 29.6 Å². The van der Waals surface area contributed by atoms with Gasteiger partial charge < -0.3 is 5.32 Å². The van der Waals surface area contributed by atoms with E-state index in [0.717, 1.165) is 0 Å². The quantitative estimate of drug-likeness (QED) is 0.636. The molecule has 1 aromatic rings. The van der Waals surface area contributed by atoms with E-state index in [2.05, 4.69) is 5.32 Å². The first kappa shape index (κ1) is 19.1. The minimum Gasteiger partial charge on any atom is -0.318 e. The summed E-state index contributed by atoms with van der Waals surface area (Å²) in [6, 6.07) is 1.42. The summed E-state index contributed by atoms with van der Waals surface area (Å²) >= 11 is 0. The normalized spacial score (nSPS) is 12.1. The molecule has 0 saturated heterocycles. The van der Waals surface area contributed by atoms with Gasteiger partial charge in [0.1, 0.15) is 5.82 Å². The summed E-state index contributed by atoms with van der Waals surface area (Å²) in [4.78, 5) is -0.988. The Balaban J connectivity index is 0.00000361. The molecule has 0 aliphatic heterocycles. The Kier molecular flexibility index (Phi) is 6.88. The molecule has 4 nitrogen and oxygen atoms in total. The van der Waals surface area contributed by atoms with E-state index in [0.29, 0.717) is 12.1 Å². The highest BCUT2D eigenvalue weighted by molar-refractivity contribution is 7.89. The minimum atomic E-state index is -4.95. The predicted molar refractivity (Wildman–Crippen MR) is 67.8 cm³/mol. The minimum absolute atomic E-state index is 0. The molecule has 0 amide bonds. The zero-order chi connectivity index (χ0) is 14.7. The Hall–Kier alpha value is -0.900. The SMILES string of the molecule is CNCCNS(=O)(=O)c1ccc(F)cc1C(F)(F)F.Cl. The van der Waals surface area contributed by atoms with E-state index in [1.165, 1.54) is 0 Å². The van der Waals surface area contributed by atoms with Gasteiger partial charge in [0.2, 0.25) is 10.0 Å². The van der Waals surface area contributed by atoms with Gasteiger partial charge in [-0.25, -0.2) is 17.5 Å². The first-order valence-corrected chi connectivity index (χ1v) is 6.68. The Morgan fingerprint density at radius 2 is 1.80 bits per heavy atom. The topological polar surface area (TPSA) is 58.2 Å². The summed E-state index contributed by atoms with van der Waals surface area (Å²) < 4.78 is 76.3. The Morgan fingerprint density at radius 1 is 1.20 bits per heavy atom. The number of alkyl halides is 3. The fraction of sp³-hybridized carbons (Fsp3) is 0.400. The number of rotatable bonds is 5. The highest BCUT2D eigenvalue weighted by Crippen LogP contribution is 2.34. The van der Waals surface area contributed by atoms with Gasteiger partial charge in [-0.2, -0.15) is 13.2 Å². The van der Waals surface area contributed by atoms with Crippen molar-refractivity contribution < 1.29 is 26.0 Å². The lowest BCUT2D eigenvalue weighted by molar-refractivity contribution is -0.140. The average molecular weight is 337 g/mol. The monoisotopic (exact) mass is 336 g/mol. The van der Waals surface area contributed by atoms with Crippen molar-refractivity contribution in [3.63, 3.8) is 0 Å². The van der Waals surface area contributed by atoms with Crippen molar-refractivity contribution in [1.82, 2.24) is 10.0 Å². The molecule has 10 heteroatoms. The number of sulfonamides is 1. The predicted octanol–water partition coefficient (Wildman–Crippen LogP) is 1.76. The lowest BCUT2D eigenvalue weighted by atomic mass is 10.2. The molecule has 0 fully saturated rings. The van der Waals surface area contributed by atoms with Crippen molar-refractivity contribution in [2.75, 3.05) is 20.1 Å². The summed E-state index contributed by atoms with van der Waals surface area (Å²) in [5, 5.41) is 2.64. The van der Waals surface area contributed by atoms with Crippen molar-refractivity contribution in [1.29, 1.82) is 0 Å². The van der Waals surface area contributed by atoms with Gasteiger partial charge in [0, 0.05) is 13.1 Å². The third kappa shape index (κ3) is 4.89. The molecule has 20 heavy (non-hydrogen) atoms. The van der Waals surface area contributed by atoms with Crippen LogP contribution in [0.1, 0.15) is 5.56 Å². The number of likely N-dealkylation sites (N-methyl/N-ethyl adjacent to an activating group) is 1. The second kappa shape index (κ2) is 7.21. The Labute approximate surface area is 120 Å². The highest BCUT2D eigenvalue weighted by Gasteiger charge is 2.37. The van der Waals surface area contributed by atoms with E-state index in [-0.39, 0.29) is 31.6 Å². The van der Waals surface area contributed by atoms with Gasteiger partial charge in [-0.1, -0.05) is 0 Å². The molecule has 116 valence electrons. The molecule has 0 aliphatic rings. The van der Waals surface area contributed by atoms with Crippen LogP contribution in [0.25, 0.3) is 0 Å². The third-order valence-electron chi connectivity index (χ3n) is 2.20. The zero-order valence-electron chi connectivity index (χ0n) is 10.3. The van der Waals surface area contributed by atoms with Gasteiger partial charge in [0.05, 0.1) is 10.5 Å². The third-order valence-corrected chi connectivity index (χ3v) is 3.72. The maximum absolute atomic E-state index is 12.8. The van der Waals surface area contributed by atoms with Gasteiger partial charge in [-0.3, -0.25) is 0 Å². The van der Waals surface area contributed by atoms with E-state index in [9.17, 15) is 26.0 Å². The fourth-order valence-electron chi connectivity index (χ4n) is 1.35. The first-order valence-electron chi connectivity index (χ1n) is 5.19. The maximum Gasteiger partial charge on any atom is 0.417 e. The summed E-state index contributed by atoms with van der Waals surface area (Å²) in [5.41, 5.74) is -1.52. The van der Waals surface area contributed by atoms with Crippen molar-refractivity contribution in [2.24, 2.45) is 0 Å². The second-order valence-electron chi connectivity index (χ2n) is 3.64.